The van der Waals surface area contributed by atoms with Crippen LogP contribution in [0.2, 0.25) is 5.02 Å². The molecule has 180 valence electrons. The summed E-state index contributed by atoms with van der Waals surface area (Å²) in [6, 6.07) is 6.39. The van der Waals surface area contributed by atoms with E-state index in [1.165, 1.54) is 30.3 Å². The number of ether oxygens (including phenoxy) is 1. The van der Waals surface area contributed by atoms with Crippen LogP contribution < -0.4 is 10.6 Å². The number of halogens is 1. The molecule has 1 unspecified atom stereocenters. The predicted molar refractivity (Wildman–Crippen MR) is 122 cm³/mol. The van der Waals surface area contributed by atoms with E-state index in [0.717, 1.165) is 6.07 Å². The lowest BCUT2D eigenvalue weighted by molar-refractivity contribution is -0.385. The van der Waals surface area contributed by atoms with Crippen LogP contribution in [0.3, 0.4) is 0 Å². The Morgan fingerprint density at radius 2 is 1.68 bits per heavy atom. The number of esters is 1. The molecule has 0 bridgehead atoms. The van der Waals surface area contributed by atoms with Crippen molar-refractivity contribution in [3.05, 3.63) is 72.8 Å². The van der Waals surface area contributed by atoms with Crippen molar-refractivity contribution in [2.24, 2.45) is 5.92 Å². The van der Waals surface area contributed by atoms with Crippen LogP contribution in [-0.2, 0) is 14.3 Å². The largest absolute Gasteiger partial charge is 0.454 e. The number of nitro groups is 2. The molecule has 0 aliphatic heterocycles. The number of nitro benzene ring substituents is 2. The molecule has 0 aliphatic carbocycles. The average Bonchev–Trinajstić information content (AvgIpc) is 2.76. The SMILES string of the molecule is Cc1ccc(NC(=O)COC(=O)C(NC(=O)c2ccc(Cl)c([N+](=O)[O-])c2)C(C)C)cc1[N+](=O)[O-]. The Bertz CT molecular complexity index is 1150. The summed E-state index contributed by atoms with van der Waals surface area (Å²) in [6.45, 7) is 4.10. The third-order valence-electron chi connectivity index (χ3n) is 4.65. The number of nitrogens with one attached hydrogen (secondary N) is 2. The number of anilines is 1. The van der Waals surface area contributed by atoms with Crippen molar-refractivity contribution in [3.8, 4) is 0 Å². The number of hydrogen-bond donors (Lipinski definition) is 2. The summed E-state index contributed by atoms with van der Waals surface area (Å²) < 4.78 is 4.99. The molecule has 0 radical (unpaired) electrons. The van der Waals surface area contributed by atoms with Gasteiger partial charge in [0.25, 0.3) is 23.2 Å². The van der Waals surface area contributed by atoms with Crippen LogP contribution in [0.4, 0.5) is 17.1 Å². The van der Waals surface area contributed by atoms with E-state index < -0.39 is 51.9 Å². The third-order valence-corrected chi connectivity index (χ3v) is 4.97. The van der Waals surface area contributed by atoms with Gasteiger partial charge in [-0.15, -0.1) is 0 Å². The highest BCUT2D eigenvalue weighted by molar-refractivity contribution is 6.32. The monoisotopic (exact) mass is 492 g/mol. The molecule has 2 N–H and O–H groups in total. The molecule has 0 spiro atoms. The summed E-state index contributed by atoms with van der Waals surface area (Å²) in [7, 11) is 0. The fraction of sp³-hybridized carbons (Fsp3) is 0.286. The van der Waals surface area contributed by atoms with Crippen LogP contribution in [-0.4, -0.2) is 40.3 Å². The highest BCUT2D eigenvalue weighted by atomic mass is 35.5. The van der Waals surface area contributed by atoms with Crippen molar-refractivity contribution in [2.75, 3.05) is 11.9 Å². The lowest BCUT2D eigenvalue weighted by Crippen LogP contribution is -2.46. The topological polar surface area (TPSA) is 171 Å². The van der Waals surface area contributed by atoms with Gasteiger partial charge in [0.1, 0.15) is 11.1 Å². The van der Waals surface area contributed by atoms with E-state index in [0.29, 0.717) is 5.56 Å². The minimum Gasteiger partial charge on any atom is -0.454 e. The molecule has 0 aliphatic rings. The zero-order chi connectivity index (χ0) is 25.6. The first-order valence-corrected chi connectivity index (χ1v) is 10.2. The van der Waals surface area contributed by atoms with Crippen LogP contribution in [0.5, 0.6) is 0 Å². The van der Waals surface area contributed by atoms with Crippen LogP contribution in [0, 0.1) is 33.1 Å². The summed E-state index contributed by atoms with van der Waals surface area (Å²) in [5.41, 5.74) is -0.175. The van der Waals surface area contributed by atoms with Gasteiger partial charge in [0.15, 0.2) is 6.61 Å². The molecule has 0 aromatic heterocycles. The summed E-state index contributed by atoms with van der Waals surface area (Å²) in [5, 5.41) is 26.7. The van der Waals surface area contributed by atoms with E-state index in [2.05, 4.69) is 10.6 Å². The molecular weight excluding hydrogens is 472 g/mol. The maximum atomic E-state index is 12.5. The third kappa shape index (κ3) is 6.72. The Hall–Kier alpha value is -4.06. The number of amides is 2. The van der Waals surface area contributed by atoms with E-state index in [1.54, 1.807) is 20.8 Å². The Balaban J connectivity index is 2.02. The van der Waals surface area contributed by atoms with E-state index in [9.17, 15) is 34.6 Å². The standard InChI is InChI=1S/C21H21ClN4O8/c1-11(2)19(24-20(28)13-5-7-15(22)17(8-13)26(32)33)21(29)34-10-18(27)23-14-6-4-12(3)16(9-14)25(30)31/h4-9,11,19H,10H2,1-3H3,(H,23,27)(H,24,28). The molecule has 12 nitrogen and oxygen atoms in total. The molecule has 0 fully saturated rings. The van der Waals surface area contributed by atoms with Gasteiger partial charge >= 0.3 is 5.97 Å². The first kappa shape index (κ1) is 26.2. The molecule has 2 aromatic carbocycles. The van der Waals surface area contributed by atoms with Crippen LogP contribution in [0.25, 0.3) is 0 Å². The van der Waals surface area contributed by atoms with Gasteiger partial charge in [-0.1, -0.05) is 31.5 Å². The molecule has 0 saturated carbocycles. The summed E-state index contributed by atoms with van der Waals surface area (Å²) in [5.74, 6) is -2.86. The van der Waals surface area contributed by atoms with Crippen LogP contribution in [0.1, 0.15) is 29.8 Å². The fourth-order valence-corrected chi connectivity index (χ4v) is 3.01. The number of carbonyl (C=O) groups excluding carboxylic acids is 3. The minimum absolute atomic E-state index is 0.0896. The molecule has 13 heteroatoms. The Morgan fingerprint density at radius 1 is 1.03 bits per heavy atom. The van der Waals surface area contributed by atoms with Gasteiger partial charge in [0.05, 0.1) is 9.85 Å². The zero-order valence-corrected chi connectivity index (χ0v) is 19.1. The van der Waals surface area contributed by atoms with Gasteiger partial charge in [-0.25, -0.2) is 4.79 Å². The van der Waals surface area contributed by atoms with E-state index in [-0.39, 0.29) is 22.0 Å². The van der Waals surface area contributed by atoms with Gasteiger partial charge in [-0.2, -0.15) is 0 Å². The van der Waals surface area contributed by atoms with Crippen LogP contribution >= 0.6 is 11.6 Å². The van der Waals surface area contributed by atoms with Crippen molar-refractivity contribution in [1.29, 1.82) is 0 Å². The number of aryl methyl sites for hydroxylation is 1. The number of nitrogens with zero attached hydrogens (tertiary/aromatic N) is 2. The number of hydrogen-bond acceptors (Lipinski definition) is 8. The van der Waals surface area contributed by atoms with E-state index in [1.807, 2.05) is 0 Å². The van der Waals surface area contributed by atoms with Crippen molar-refractivity contribution in [1.82, 2.24) is 5.32 Å². The van der Waals surface area contributed by atoms with Gasteiger partial charge in [0.2, 0.25) is 0 Å². The van der Waals surface area contributed by atoms with Gasteiger partial charge in [0, 0.05) is 28.9 Å². The fourth-order valence-electron chi connectivity index (χ4n) is 2.82. The van der Waals surface area contributed by atoms with Crippen molar-refractivity contribution in [2.45, 2.75) is 26.8 Å². The van der Waals surface area contributed by atoms with Crippen molar-refractivity contribution >= 4 is 46.4 Å². The lowest BCUT2D eigenvalue weighted by atomic mass is 10.0. The Kier molecular flexibility index (Phi) is 8.62. The quantitative estimate of drug-likeness (QED) is 0.304. The second-order valence-electron chi connectivity index (χ2n) is 7.53. The van der Waals surface area contributed by atoms with Gasteiger partial charge in [-0.3, -0.25) is 29.8 Å². The molecule has 0 heterocycles. The molecule has 0 saturated heterocycles. The molecule has 34 heavy (non-hydrogen) atoms. The number of benzene rings is 2. The molecule has 2 aromatic rings. The minimum atomic E-state index is -1.16. The highest BCUT2D eigenvalue weighted by Crippen LogP contribution is 2.25. The number of carbonyl (C=O) groups is 3. The van der Waals surface area contributed by atoms with Crippen LogP contribution in [0.15, 0.2) is 36.4 Å². The van der Waals surface area contributed by atoms with Gasteiger partial charge < -0.3 is 15.4 Å². The first-order valence-electron chi connectivity index (χ1n) is 9.87. The second kappa shape index (κ2) is 11.2. The van der Waals surface area contributed by atoms with Gasteiger partial charge in [-0.05, 0) is 31.0 Å². The maximum Gasteiger partial charge on any atom is 0.329 e. The summed E-state index contributed by atoms with van der Waals surface area (Å²) in [4.78, 5) is 57.9. The zero-order valence-electron chi connectivity index (χ0n) is 18.4. The Labute approximate surface area is 198 Å². The van der Waals surface area contributed by atoms with E-state index >= 15 is 0 Å². The van der Waals surface area contributed by atoms with E-state index in [4.69, 9.17) is 16.3 Å². The van der Waals surface area contributed by atoms with Crippen molar-refractivity contribution in [3.63, 3.8) is 0 Å². The predicted octanol–water partition coefficient (Wildman–Crippen LogP) is 3.40. The second-order valence-corrected chi connectivity index (χ2v) is 7.94. The molecular formula is C21H21ClN4O8. The molecule has 2 amide bonds. The normalized spacial score (nSPS) is 11.4. The first-order chi connectivity index (χ1) is 15.9. The number of rotatable bonds is 9. The average molecular weight is 493 g/mol. The summed E-state index contributed by atoms with van der Waals surface area (Å²) >= 11 is 5.74. The molecule has 1 atom stereocenters. The highest BCUT2D eigenvalue weighted by Gasteiger charge is 2.28. The summed E-state index contributed by atoms with van der Waals surface area (Å²) in [6.07, 6.45) is 0. The lowest BCUT2D eigenvalue weighted by Gasteiger charge is -2.20. The Morgan fingerprint density at radius 3 is 2.26 bits per heavy atom. The maximum absolute atomic E-state index is 12.5. The molecule has 2 rings (SSSR count). The smallest absolute Gasteiger partial charge is 0.329 e. The van der Waals surface area contributed by atoms with Crippen molar-refractivity contribution < 1.29 is 29.0 Å².